The number of aliphatic imine (C=N–C) groups is 2. The lowest BCUT2D eigenvalue weighted by atomic mass is 9.96. The lowest BCUT2D eigenvalue weighted by Crippen LogP contribution is -2.35. The molecule has 4 heterocycles. The summed E-state index contributed by atoms with van der Waals surface area (Å²) in [6.07, 6.45) is 7.40. The number of rotatable bonds is 5. The number of pyridine rings is 1. The summed E-state index contributed by atoms with van der Waals surface area (Å²) < 4.78 is 5.46. The fraction of sp³-hybridized carbons (Fsp3) is 0.222. The first-order chi connectivity index (χ1) is 14.5. The summed E-state index contributed by atoms with van der Waals surface area (Å²) in [5, 5.41) is 14.1. The van der Waals surface area contributed by atoms with Gasteiger partial charge < -0.3 is 15.4 Å². The Morgan fingerprint density at radius 1 is 1.27 bits per heavy atom. The number of carbonyl (C=O) groups excluding carboxylic acids is 1. The van der Waals surface area contributed by atoms with Gasteiger partial charge >= 0.3 is 6.03 Å². The Labute approximate surface area is 181 Å². The largest absolute Gasteiger partial charge is 0.377 e. The molecule has 0 saturated carbocycles. The van der Waals surface area contributed by atoms with Crippen molar-refractivity contribution in [2.24, 2.45) is 9.98 Å². The van der Waals surface area contributed by atoms with Gasteiger partial charge in [-0.15, -0.1) is 4.80 Å². The number of dihydropyridines is 1. The molecular formula is C18H16Cl2N8O2. The van der Waals surface area contributed by atoms with Crippen LogP contribution >= 0.6 is 23.2 Å². The Balaban J connectivity index is 1.53. The van der Waals surface area contributed by atoms with Crippen LogP contribution in [0.4, 0.5) is 10.5 Å². The van der Waals surface area contributed by atoms with E-state index in [1.807, 2.05) is 6.92 Å². The third-order valence-electron chi connectivity index (χ3n) is 4.48. The third-order valence-corrected chi connectivity index (χ3v) is 4.96. The summed E-state index contributed by atoms with van der Waals surface area (Å²) in [4.78, 5) is 26.8. The number of nitrogens with one attached hydrogen (secondary N) is 2. The highest BCUT2D eigenvalue weighted by Crippen LogP contribution is 2.31. The van der Waals surface area contributed by atoms with E-state index in [-0.39, 0.29) is 11.1 Å². The van der Waals surface area contributed by atoms with Crippen molar-refractivity contribution in [3.8, 4) is 5.82 Å². The summed E-state index contributed by atoms with van der Waals surface area (Å²) in [5.41, 5.74) is 2.32. The number of halogens is 2. The van der Waals surface area contributed by atoms with E-state index in [0.29, 0.717) is 28.1 Å². The summed E-state index contributed by atoms with van der Waals surface area (Å²) >= 11 is 12.3. The molecule has 1 unspecified atom stereocenters. The molecule has 0 aromatic carbocycles. The van der Waals surface area contributed by atoms with Gasteiger partial charge in [0, 0.05) is 12.7 Å². The van der Waals surface area contributed by atoms with Crippen molar-refractivity contribution in [2.45, 2.75) is 19.1 Å². The lowest BCUT2D eigenvalue weighted by Gasteiger charge is -2.26. The number of carbonyl (C=O) groups is 1. The van der Waals surface area contributed by atoms with E-state index >= 15 is 0 Å². The number of aromatic nitrogens is 4. The summed E-state index contributed by atoms with van der Waals surface area (Å²) in [6, 6.07) is 0.654. The molecule has 2 aromatic rings. The Hall–Kier alpha value is -3.08. The van der Waals surface area contributed by atoms with Crippen LogP contribution < -0.4 is 10.6 Å². The number of amides is 2. The fourth-order valence-corrected chi connectivity index (χ4v) is 3.51. The normalized spacial score (nSPS) is 18.6. The molecule has 0 bridgehead atoms. The van der Waals surface area contributed by atoms with Crippen LogP contribution in [-0.2, 0) is 4.74 Å². The lowest BCUT2D eigenvalue weighted by molar-refractivity contribution is 0.142. The van der Waals surface area contributed by atoms with Gasteiger partial charge in [-0.2, -0.15) is 10.2 Å². The van der Waals surface area contributed by atoms with Crippen LogP contribution in [0.25, 0.3) is 5.82 Å². The number of methoxy groups -OCH3 is 1. The summed E-state index contributed by atoms with van der Waals surface area (Å²) in [7, 11) is 1.58. The maximum absolute atomic E-state index is 12.6. The van der Waals surface area contributed by atoms with Gasteiger partial charge in [0.25, 0.3) is 0 Å². The van der Waals surface area contributed by atoms with Crippen LogP contribution in [0.3, 0.4) is 0 Å². The minimum atomic E-state index is -0.499. The highest BCUT2D eigenvalue weighted by Gasteiger charge is 2.32. The molecule has 0 spiro atoms. The van der Waals surface area contributed by atoms with Crippen molar-refractivity contribution < 1.29 is 9.53 Å². The van der Waals surface area contributed by atoms with Gasteiger partial charge in [0.1, 0.15) is 11.2 Å². The van der Waals surface area contributed by atoms with Gasteiger partial charge in [-0.05, 0) is 19.1 Å². The monoisotopic (exact) mass is 446 g/mol. The third kappa shape index (κ3) is 3.97. The molecular weight excluding hydrogens is 431 g/mol. The standard InChI is InChI=1S/C18H16Cl2N8O2/c1-9(30-2)15-13(8-21-12-6-14(20)27-16(12)15)26-18(29)25-10-5-11(19)17(22-7-10)28-23-3-4-24-28/h3-9,16H,1-2H3,(H2,25,26,29)/t9-,16?/m0/s1. The van der Waals surface area contributed by atoms with Crippen molar-refractivity contribution in [3.05, 3.63) is 52.7 Å². The summed E-state index contributed by atoms with van der Waals surface area (Å²) in [6.45, 7) is 1.86. The van der Waals surface area contributed by atoms with Crippen molar-refractivity contribution in [2.75, 3.05) is 12.4 Å². The van der Waals surface area contributed by atoms with Crippen LogP contribution in [0.15, 0.2) is 57.7 Å². The van der Waals surface area contributed by atoms with Gasteiger partial charge in [-0.3, -0.25) is 9.98 Å². The van der Waals surface area contributed by atoms with Gasteiger partial charge in [-0.1, -0.05) is 23.2 Å². The highest BCUT2D eigenvalue weighted by atomic mass is 35.5. The molecule has 2 aromatic heterocycles. The van der Waals surface area contributed by atoms with E-state index < -0.39 is 12.1 Å². The minimum Gasteiger partial charge on any atom is -0.377 e. The number of ether oxygens (including phenoxy) is 1. The number of urea groups is 1. The SMILES string of the molecule is CO[C@@H](C)C1=C(NC(=O)Nc2cnc(-n3nccn3)c(Cl)c2)C=NC2=CC(Cl)=NC21. The molecule has 2 amide bonds. The average Bonchev–Trinajstić information content (AvgIpc) is 3.36. The van der Waals surface area contributed by atoms with Gasteiger partial charge in [0.15, 0.2) is 5.82 Å². The molecule has 2 aliphatic heterocycles. The van der Waals surface area contributed by atoms with E-state index in [2.05, 4.69) is 35.8 Å². The zero-order chi connectivity index (χ0) is 21.3. The van der Waals surface area contributed by atoms with Gasteiger partial charge in [-0.25, -0.2) is 9.78 Å². The Bertz CT molecular complexity index is 1110. The second-order valence-corrected chi connectivity index (χ2v) is 7.15. The van der Waals surface area contributed by atoms with Crippen LogP contribution in [0.2, 0.25) is 5.02 Å². The topological polar surface area (TPSA) is 119 Å². The van der Waals surface area contributed by atoms with Crippen LogP contribution in [0.5, 0.6) is 0 Å². The van der Waals surface area contributed by atoms with Crippen molar-refractivity contribution in [3.63, 3.8) is 0 Å². The molecule has 154 valence electrons. The predicted octanol–water partition coefficient (Wildman–Crippen LogP) is 2.71. The highest BCUT2D eigenvalue weighted by molar-refractivity contribution is 6.68. The molecule has 2 atom stereocenters. The van der Waals surface area contributed by atoms with E-state index in [1.165, 1.54) is 23.4 Å². The molecule has 12 heteroatoms. The molecule has 0 saturated heterocycles. The molecule has 2 aliphatic rings. The number of allylic oxidation sites excluding steroid dienone is 2. The first-order valence-electron chi connectivity index (χ1n) is 8.82. The number of anilines is 1. The zero-order valence-corrected chi connectivity index (χ0v) is 17.4. The Morgan fingerprint density at radius 2 is 2.03 bits per heavy atom. The maximum Gasteiger partial charge on any atom is 0.323 e. The second-order valence-electron chi connectivity index (χ2n) is 6.36. The maximum atomic E-state index is 12.6. The Morgan fingerprint density at radius 3 is 2.73 bits per heavy atom. The van der Waals surface area contributed by atoms with Crippen LogP contribution in [-0.4, -0.2) is 56.7 Å². The fourth-order valence-electron chi connectivity index (χ4n) is 3.05. The molecule has 10 nitrogen and oxygen atoms in total. The first-order valence-corrected chi connectivity index (χ1v) is 9.58. The van der Waals surface area contributed by atoms with Gasteiger partial charge in [0.05, 0.1) is 53.0 Å². The number of fused-ring (bicyclic) bond motifs is 1. The van der Waals surface area contributed by atoms with Crippen LogP contribution in [0.1, 0.15) is 6.92 Å². The molecule has 0 radical (unpaired) electrons. The minimum absolute atomic E-state index is 0.279. The van der Waals surface area contributed by atoms with E-state index in [0.717, 1.165) is 5.57 Å². The molecule has 0 fully saturated rings. The van der Waals surface area contributed by atoms with E-state index in [9.17, 15) is 4.79 Å². The van der Waals surface area contributed by atoms with Crippen molar-refractivity contribution >= 4 is 46.3 Å². The number of hydrogen-bond acceptors (Lipinski definition) is 7. The second kappa shape index (κ2) is 8.34. The number of nitrogens with zero attached hydrogens (tertiary/aromatic N) is 6. The average molecular weight is 447 g/mol. The molecule has 0 aliphatic carbocycles. The Kier molecular flexibility index (Phi) is 5.62. The predicted molar refractivity (Wildman–Crippen MR) is 113 cm³/mol. The molecule has 4 rings (SSSR count). The molecule has 2 N–H and O–H groups in total. The number of hydrogen-bond donors (Lipinski definition) is 2. The smallest absolute Gasteiger partial charge is 0.323 e. The molecule has 30 heavy (non-hydrogen) atoms. The van der Waals surface area contributed by atoms with E-state index in [1.54, 1.807) is 25.5 Å². The zero-order valence-electron chi connectivity index (χ0n) is 15.9. The van der Waals surface area contributed by atoms with Crippen molar-refractivity contribution in [1.29, 1.82) is 0 Å². The van der Waals surface area contributed by atoms with Crippen molar-refractivity contribution in [1.82, 2.24) is 25.3 Å². The first kappa shape index (κ1) is 20.2. The van der Waals surface area contributed by atoms with Gasteiger partial charge in [0.2, 0.25) is 0 Å². The van der Waals surface area contributed by atoms with E-state index in [4.69, 9.17) is 27.9 Å². The van der Waals surface area contributed by atoms with Crippen LogP contribution in [0, 0.1) is 0 Å². The quantitative estimate of drug-likeness (QED) is 0.731. The summed E-state index contributed by atoms with van der Waals surface area (Å²) in [5.74, 6) is 0.348.